The summed E-state index contributed by atoms with van der Waals surface area (Å²) in [5.41, 5.74) is 2.02. The van der Waals surface area contributed by atoms with E-state index in [2.05, 4.69) is 15.0 Å². The molecule has 30 heavy (non-hydrogen) atoms. The second kappa shape index (κ2) is 8.75. The maximum absolute atomic E-state index is 12.8. The van der Waals surface area contributed by atoms with Crippen LogP contribution in [0, 0.1) is 6.92 Å². The third-order valence-corrected chi connectivity index (χ3v) is 5.30. The molecule has 1 fully saturated rings. The molecule has 0 N–H and O–H groups in total. The van der Waals surface area contributed by atoms with Crippen LogP contribution in [0.4, 0.5) is 5.69 Å². The third-order valence-electron chi connectivity index (χ3n) is 5.07. The largest absolute Gasteiger partial charge is 0.481 e. The first-order valence-electron chi connectivity index (χ1n) is 9.86. The molecule has 0 spiro atoms. The Morgan fingerprint density at radius 1 is 1.13 bits per heavy atom. The molecule has 3 aromatic rings. The van der Waals surface area contributed by atoms with Crippen molar-refractivity contribution in [1.29, 1.82) is 0 Å². The lowest BCUT2D eigenvalue weighted by Gasteiger charge is -2.37. The maximum Gasteiger partial charge on any atom is 0.263 e. The third kappa shape index (κ3) is 4.57. The van der Waals surface area contributed by atoms with Crippen LogP contribution in [0.1, 0.15) is 12.8 Å². The fourth-order valence-corrected chi connectivity index (χ4v) is 3.66. The van der Waals surface area contributed by atoms with E-state index in [1.165, 1.54) is 0 Å². The molecule has 0 radical (unpaired) electrons. The van der Waals surface area contributed by atoms with Gasteiger partial charge in [-0.25, -0.2) is 0 Å². The highest BCUT2D eigenvalue weighted by molar-refractivity contribution is 6.30. The number of rotatable bonds is 5. The smallest absolute Gasteiger partial charge is 0.263 e. The van der Waals surface area contributed by atoms with Crippen molar-refractivity contribution in [1.82, 2.24) is 15.0 Å². The first-order valence-corrected chi connectivity index (χ1v) is 10.2. The number of benzene rings is 2. The fourth-order valence-electron chi connectivity index (χ4n) is 3.47. The first-order chi connectivity index (χ1) is 14.5. The standard InChI is InChI=1S/C22H23ClN4O3/c1-15(29-20-5-3-4-18(23)14-20)22(28)27-12-10-26(11-13-27)19-8-6-17(7-9-19)21-24-16(2)30-25-21/h3-9,14-15H,10-13H2,1-2H3/t15-/m1/s1. The number of hydrogen-bond acceptors (Lipinski definition) is 6. The minimum Gasteiger partial charge on any atom is -0.481 e. The Morgan fingerprint density at radius 2 is 1.87 bits per heavy atom. The van der Waals surface area contributed by atoms with Gasteiger partial charge >= 0.3 is 0 Å². The molecule has 0 aliphatic carbocycles. The Labute approximate surface area is 180 Å². The Bertz CT molecular complexity index is 1010. The average Bonchev–Trinajstić information content (AvgIpc) is 3.20. The minimum absolute atomic E-state index is 0.0163. The molecule has 1 amide bonds. The van der Waals surface area contributed by atoms with Crippen LogP contribution in [-0.2, 0) is 4.79 Å². The van der Waals surface area contributed by atoms with Crippen LogP contribution in [0.25, 0.3) is 11.4 Å². The second-order valence-corrected chi connectivity index (χ2v) is 7.65. The number of amides is 1. The maximum atomic E-state index is 12.8. The van der Waals surface area contributed by atoms with Crippen molar-refractivity contribution in [2.45, 2.75) is 20.0 Å². The predicted octanol–water partition coefficient (Wildman–Crippen LogP) is 3.81. The van der Waals surface area contributed by atoms with Gasteiger partial charge in [0.1, 0.15) is 5.75 Å². The van der Waals surface area contributed by atoms with Gasteiger partial charge in [-0.3, -0.25) is 4.79 Å². The molecule has 2 heterocycles. The zero-order chi connectivity index (χ0) is 21.1. The summed E-state index contributed by atoms with van der Waals surface area (Å²) in [4.78, 5) is 21.1. The Balaban J connectivity index is 1.32. The van der Waals surface area contributed by atoms with Gasteiger partial charge in [-0.15, -0.1) is 0 Å². The summed E-state index contributed by atoms with van der Waals surface area (Å²) in [6.07, 6.45) is -0.562. The summed E-state index contributed by atoms with van der Waals surface area (Å²) in [6, 6.07) is 15.1. The summed E-state index contributed by atoms with van der Waals surface area (Å²) in [6.45, 7) is 6.36. The summed E-state index contributed by atoms with van der Waals surface area (Å²) < 4.78 is 10.8. The Morgan fingerprint density at radius 3 is 2.50 bits per heavy atom. The van der Waals surface area contributed by atoms with Crippen molar-refractivity contribution in [3.05, 3.63) is 59.4 Å². The number of aromatic nitrogens is 2. The number of nitrogens with zero attached hydrogens (tertiary/aromatic N) is 4. The Kier molecular flexibility index (Phi) is 5.90. The van der Waals surface area contributed by atoms with Crippen molar-refractivity contribution >= 4 is 23.2 Å². The van der Waals surface area contributed by atoms with Crippen LogP contribution in [0.3, 0.4) is 0 Å². The normalized spacial score (nSPS) is 15.2. The molecule has 1 aliphatic rings. The van der Waals surface area contributed by atoms with Crippen molar-refractivity contribution in [2.75, 3.05) is 31.1 Å². The molecule has 1 saturated heterocycles. The van der Waals surface area contributed by atoms with Gasteiger partial charge in [-0.1, -0.05) is 22.8 Å². The van der Waals surface area contributed by atoms with Crippen molar-refractivity contribution in [2.24, 2.45) is 0 Å². The van der Waals surface area contributed by atoms with Gasteiger partial charge in [0, 0.05) is 49.4 Å². The minimum atomic E-state index is -0.562. The molecule has 8 heteroatoms. The van der Waals surface area contributed by atoms with E-state index in [1.807, 2.05) is 29.2 Å². The van der Waals surface area contributed by atoms with E-state index in [-0.39, 0.29) is 5.91 Å². The van der Waals surface area contributed by atoms with E-state index in [4.69, 9.17) is 20.9 Å². The van der Waals surface area contributed by atoms with E-state index < -0.39 is 6.10 Å². The van der Waals surface area contributed by atoms with E-state index in [1.54, 1.807) is 38.1 Å². The number of halogens is 1. The molecule has 0 unspecified atom stereocenters. The zero-order valence-corrected chi connectivity index (χ0v) is 17.7. The molecule has 4 rings (SSSR count). The van der Waals surface area contributed by atoms with Gasteiger partial charge in [0.25, 0.3) is 5.91 Å². The number of anilines is 1. The van der Waals surface area contributed by atoms with Gasteiger partial charge < -0.3 is 19.1 Å². The molecule has 7 nitrogen and oxygen atoms in total. The first kappa shape index (κ1) is 20.2. The molecule has 1 aromatic heterocycles. The lowest BCUT2D eigenvalue weighted by Crippen LogP contribution is -2.52. The van der Waals surface area contributed by atoms with Crippen LogP contribution >= 0.6 is 11.6 Å². The highest BCUT2D eigenvalue weighted by atomic mass is 35.5. The Hall–Kier alpha value is -3.06. The molecule has 1 aliphatic heterocycles. The lowest BCUT2D eigenvalue weighted by molar-refractivity contribution is -0.138. The van der Waals surface area contributed by atoms with Gasteiger partial charge in [-0.05, 0) is 49.4 Å². The highest BCUT2D eigenvalue weighted by Gasteiger charge is 2.26. The zero-order valence-electron chi connectivity index (χ0n) is 16.9. The predicted molar refractivity (Wildman–Crippen MR) is 115 cm³/mol. The molecule has 2 aromatic carbocycles. The van der Waals surface area contributed by atoms with E-state index >= 15 is 0 Å². The molecule has 0 saturated carbocycles. The van der Waals surface area contributed by atoms with Crippen LogP contribution < -0.4 is 9.64 Å². The number of aryl methyl sites for hydroxylation is 1. The monoisotopic (exact) mass is 426 g/mol. The van der Waals surface area contributed by atoms with E-state index in [0.717, 1.165) is 24.3 Å². The summed E-state index contributed by atoms with van der Waals surface area (Å²) in [7, 11) is 0. The van der Waals surface area contributed by atoms with Crippen LogP contribution in [0.15, 0.2) is 53.1 Å². The molecule has 1 atom stereocenters. The van der Waals surface area contributed by atoms with Crippen LogP contribution in [0.5, 0.6) is 5.75 Å². The number of piperazine rings is 1. The number of hydrogen-bond donors (Lipinski definition) is 0. The number of carbonyl (C=O) groups excluding carboxylic acids is 1. The highest BCUT2D eigenvalue weighted by Crippen LogP contribution is 2.23. The van der Waals surface area contributed by atoms with Crippen LogP contribution in [0.2, 0.25) is 5.02 Å². The quantitative estimate of drug-likeness (QED) is 0.617. The van der Waals surface area contributed by atoms with E-state index in [9.17, 15) is 4.79 Å². The molecular formula is C22H23ClN4O3. The number of carbonyl (C=O) groups is 1. The van der Waals surface area contributed by atoms with Crippen molar-refractivity contribution in [3.63, 3.8) is 0 Å². The second-order valence-electron chi connectivity index (χ2n) is 7.21. The van der Waals surface area contributed by atoms with Gasteiger partial charge in [0.2, 0.25) is 11.7 Å². The van der Waals surface area contributed by atoms with Crippen LogP contribution in [-0.4, -0.2) is 53.2 Å². The lowest BCUT2D eigenvalue weighted by atomic mass is 10.1. The summed E-state index contributed by atoms with van der Waals surface area (Å²) in [5, 5.41) is 4.53. The SMILES string of the molecule is Cc1nc(-c2ccc(N3CCN(C(=O)[C@@H](C)Oc4cccc(Cl)c4)CC3)cc2)no1. The average molecular weight is 427 g/mol. The molecular weight excluding hydrogens is 404 g/mol. The fraction of sp³-hybridized carbons (Fsp3) is 0.318. The molecule has 0 bridgehead atoms. The van der Waals surface area contributed by atoms with Gasteiger partial charge in [0.05, 0.1) is 0 Å². The van der Waals surface area contributed by atoms with Gasteiger partial charge in [0.15, 0.2) is 6.10 Å². The van der Waals surface area contributed by atoms with Crippen molar-refractivity contribution in [3.8, 4) is 17.1 Å². The topological polar surface area (TPSA) is 71.7 Å². The molecule has 156 valence electrons. The number of ether oxygens (including phenoxy) is 1. The summed E-state index contributed by atoms with van der Waals surface area (Å²) in [5.74, 6) is 1.71. The van der Waals surface area contributed by atoms with E-state index in [0.29, 0.717) is 35.6 Å². The summed E-state index contributed by atoms with van der Waals surface area (Å²) >= 11 is 5.98. The van der Waals surface area contributed by atoms with Crippen molar-refractivity contribution < 1.29 is 14.1 Å². The van der Waals surface area contributed by atoms with Gasteiger partial charge in [-0.2, -0.15) is 4.98 Å².